The molecule has 0 spiro atoms. The Labute approximate surface area is 145 Å². The van der Waals surface area contributed by atoms with Gasteiger partial charge in [-0.15, -0.1) is 0 Å². The van der Waals surface area contributed by atoms with Crippen molar-refractivity contribution in [3.05, 3.63) is 42.1 Å². The number of para-hydroxylation sites is 1. The minimum Gasteiger partial charge on any atom is -0.492 e. The van der Waals surface area contributed by atoms with E-state index < -0.39 is 11.8 Å². The molecule has 0 radical (unpaired) electrons. The molecule has 1 amide bonds. The van der Waals surface area contributed by atoms with E-state index in [2.05, 4.69) is 5.43 Å². The molecule has 0 bridgehead atoms. The molecule has 2 unspecified atom stereocenters. The number of carbonyl (C=O) groups excluding carboxylic acids is 1. The number of amides is 1. The maximum absolute atomic E-state index is 13.2. The summed E-state index contributed by atoms with van der Waals surface area (Å²) in [6, 6.07) is 9.37. The monoisotopic (exact) mass is 349 g/mol. The van der Waals surface area contributed by atoms with Crippen LogP contribution in [-0.4, -0.2) is 54.0 Å². The molecule has 1 aromatic carbocycles. The van der Waals surface area contributed by atoms with Crippen molar-refractivity contribution < 1.29 is 18.3 Å². The molecule has 1 saturated carbocycles. The van der Waals surface area contributed by atoms with Crippen LogP contribution in [0.15, 0.2) is 42.1 Å². The molecule has 2 atom stereocenters. The molecular formula is C18H21F2N3O2. The van der Waals surface area contributed by atoms with Crippen LogP contribution in [0.3, 0.4) is 0 Å². The average Bonchev–Trinajstić information content (AvgIpc) is 3.05. The Balaban J connectivity index is 1.39. The minimum absolute atomic E-state index is 0.106. The van der Waals surface area contributed by atoms with Crippen LogP contribution in [0.25, 0.3) is 0 Å². The third kappa shape index (κ3) is 3.46. The molecule has 3 aliphatic rings. The van der Waals surface area contributed by atoms with Crippen LogP contribution >= 0.6 is 0 Å². The fraction of sp³-hybridized carbons (Fsp3) is 0.500. The molecule has 2 fully saturated rings. The Hall–Kier alpha value is -2.15. The number of benzene rings is 1. The Morgan fingerprint density at radius 1 is 1.24 bits per heavy atom. The van der Waals surface area contributed by atoms with Crippen LogP contribution in [0.1, 0.15) is 12.8 Å². The molecule has 4 rings (SSSR count). The van der Waals surface area contributed by atoms with E-state index in [1.54, 1.807) is 4.90 Å². The highest BCUT2D eigenvalue weighted by Crippen LogP contribution is 2.49. The van der Waals surface area contributed by atoms with Crippen molar-refractivity contribution in [3.63, 3.8) is 0 Å². The van der Waals surface area contributed by atoms with E-state index in [-0.39, 0.29) is 24.9 Å². The summed E-state index contributed by atoms with van der Waals surface area (Å²) >= 11 is 0. The van der Waals surface area contributed by atoms with Gasteiger partial charge in [0.05, 0.1) is 6.04 Å². The Kier molecular flexibility index (Phi) is 4.11. The van der Waals surface area contributed by atoms with Crippen molar-refractivity contribution in [2.24, 2.45) is 5.92 Å². The lowest BCUT2D eigenvalue weighted by atomic mass is 10.2. The van der Waals surface area contributed by atoms with Gasteiger partial charge in [-0.05, 0) is 24.6 Å². The quantitative estimate of drug-likeness (QED) is 0.884. The molecule has 1 aliphatic carbocycles. The predicted octanol–water partition coefficient (Wildman–Crippen LogP) is 2.03. The zero-order valence-corrected chi connectivity index (χ0v) is 13.8. The molecule has 5 nitrogen and oxygen atoms in total. The molecule has 1 aromatic rings. The molecule has 1 saturated heterocycles. The third-order valence-electron chi connectivity index (χ3n) is 4.86. The summed E-state index contributed by atoms with van der Waals surface area (Å²) in [6.45, 7) is 1.74. The summed E-state index contributed by atoms with van der Waals surface area (Å²) in [5.74, 6) is -2.68. The van der Waals surface area contributed by atoms with Gasteiger partial charge in [-0.2, -0.15) is 0 Å². The summed E-state index contributed by atoms with van der Waals surface area (Å²) < 4.78 is 32.1. The highest BCUT2D eigenvalue weighted by atomic mass is 19.3. The first-order valence-corrected chi connectivity index (χ1v) is 8.63. The largest absolute Gasteiger partial charge is 0.492 e. The second-order valence-electron chi connectivity index (χ2n) is 6.83. The summed E-state index contributed by atoms with van der Waals surface area (Å²) in [7, 11) is 0. The Bertz CT molecular complexity index is 680. The normalized spacial score (nSPS) is 27.6. The highest BCUT2D eigenvalue weighted by molar-refractivity contribution is 5.93. The molecule has 25 heavy (non-hydrogen) atoms. The van der Waals surface area contributed by atoms with E-state index in [1.807, 2.05) is 41.4 Å². The van der Waals surface area contributed by atoms with Crippen molar-refractivity contribution in [2.45, 2.75) is 24.8 Å². The van der Waals surface area contributed by atoms with Gasteiger partial charge in [0.25, 0.3) is 11.8 Å². The number of carbonyl (C=O) groups is 1. The first-order valence-electron chi connectivity index (χ1n) is 8.63. The third-order valence-corrected chi connectivity index (χ3v) is 4.86. The molecule has 7 heteroatoms. The fourth-order valence-corrected chi connectivity index (χ4v) is 3.34. The molecule has 2 heterocycles. The van der Waals surface area contributed by atoms with Gasteiger partial charge in [-0.3, -0.25) is 4.79 Å². The molecule has 134 valence electrons. The van der Waals surface area contributed by atoms with Gasteiger partial charge in [0.15, 0.2) is 0 Å². The number of halogens is 2. The molecular weight excluding hydrogens is 328 g/mol. The van der Waals surface area contributed by atoms with Gasteiger partial charge in [-0.1, -0.05) is 18.2 Å². The number of fused-ring (bicyclic) bond motifs is 1. The number of hydrogen-bond donors (Lipinski definition) is 1. The number of alkyl halides is 2. The molecule has 1 N–H and O–H groups in total. The van der Waals surface area contributed by atoms with E-state index in [1.165, 1.54) is 0 Å². The number of nitrogens with one attached hydrogen (secondary N) is 1. The lowest BCUT2D eigenvalue weighted by Crippen LogP contribution is -2.41. The smallest absolute Gasteiger partial charge is 0.271 e. The summed E-state index contributed by atoms with van der Waals surface area (Å²) in [5.41, 5.74) is 3.80. The SMILES string of the molecule is O=C1C2=CC(COc3ccccc3)NN2CCCN1CC1CC1(F)F. The van der Waals surface area contributed by atoms with Gasteiger partial charge in [0.2, 0.25) is 0 Å². The van der Waals surface area contributed by atoms with Crippen molar-refractivity contribution in [1.82, 2.24) is 15.3 Å². The second-order valence-corrected chi connectivity index (χ2v) is 6.83. The number of hydrogen-bond acceptors (Lipinski definition) is 4. The van der Waals surface area contributed by atoms with Crippen LogP contribution in [0, 0.1) is 5.92 Å². The van der Waals surface area contributed by atoms with Crippen molar-refractivity contribution >= 4 is 5.91 Å². The van der Waals surface area contributed by atoms with E-state index >= 15 is 0 Å². The van der Waals surface area contributed by atoms with Crippen LogP contribution in [0.5, 0.6) is 5.75 Å². The Morgan fingerprint density at radius 2 is 2.00 bits per heavy atom. The van der Waals surface area contributed by atoms with Gasteiger partial charge in [0, 0.05) is 32.0 Å². The highest BCUT2D eigenvalue weighted by Gasteiger charge is 2.57. The van der Waals surface area contributed by atoms with Gasteiger partial charge >= 0.3 is 0 Å². The number of ether oxygens (including phenoxy) is 1. The van der Waals surface area contributed by atoms with Crippen LogP contribution in [0.4, 0.5) is 8.78 Å². The summed E-state index contributed by atoms with van der Waals surface area (Å²) in [4.78, 5) is 14.3. The van der Waals surface area contributed by atoms with Crippen LogP contribution < -0.4 is 10.2 Å². The van der Waals surface area contributed by atoms with E-state index in [9.17, 15) is 13.6 Å². The topological polar surface area (TPSA) is 44.8 Å². The maximum atomic E-state index is 13.2. The first-order chi connectivity index (χ1) is 12.0. The van der Waals surface area contributed by atoms with Crippen LogP contribution in [-0.2, 0) is 4.79 Å². The van der Waals surface area contributed by atoms with Gasteiger partial charge in [-0.25, -0.2) is 14.2 Å². The second kappa shape index (κ2) is 6.29. The molecule has 0 aromatic heterocycles. The molecule has 2 aliphatic heterocycles. The van der Waals surface area contributed by atoms with Crippen molar-refractivity contribution in [1.29, 1.82) is 0 Å². The number of rotatable bonds is 5. The van der Waals surface area contributed by atoms with E-state index in [0.717, 1.165) is 12.2 Å². The fourth-order valence-electron chi connectivity index (χ4n) is 3.34. The van der Waals surface area contributed by atoms with Gasteiger partial charge < -0.3 is 14.6 Å². The van der Waals surface area contributed by atoms with Crippen molar-refractivity contribution in [3.8, 4) is 5.75 Å². The zero-order valence-electron chi connectivity index (χ0n) is 13.8. The van der Waals surface area contributed by atoms with Crippen LogP contribution in [0.2, 0.25) is 0 Å². The maximum Gasteiger partial charge on any atom is 0.271 e. The van der Waals surface area contributed by atoms with E-state index in [0.29, 0.717) is 25.4 Å². The Morgan fingerprint density at radius 3 is 2.72 bits per heavy atom. The van der Waals surface area contributed by atoms with Crippen molar-refractivity contribution in [2.75, 3.05) is 26.2 Å². The first kappa shape index (κ1) is 16.3. The standard InChI is InChI=1S/C18H21F2N3O2/c19-18(20)10-13(18)11-22-7-4-8-23-16(17(22)24)9-14(21-23)12-25-15-5-2-1-3-6-15/h1-3,5-6,9,13-14,21H,4,7-8,10-12H2. The minimum atomic E-state index is -2.60. The predicted molar refractivity (Wildman–Crippen MR) is 87.9 cm³/mol. The average molecular weight is 349 g/mol. The summed E-state index contributed by atoms with van der Waals surface area (Å²) in [6.07, 6.45) is 2.49. The summed E-state index contributed by atoms with van der Waals surface area (Å²) in [5, 5.41) is 1.83. The zero-order chi connectivity index (χ0) is 17.4. The lowest BCUT2D eigenvalue weighted by Gasteiger charge is -2.22. The van der Waals surface area contributed by atoms with E-state index in [4.69, 9.17) is 4.74 Å². The number of nitrogens with zero attached hydrogens (tertiary/aromatic N) is 2. The lowest BCUT2D eigenvalue weighted by molar-refractivity contribution is -0.128. The van der Waals surface area contributed by atoms with Gasteiger partial charge in [0.1, 0.15) is 18.1 Å². The number of hydrazine groups is 1.